The van der Waals surface area contributed by atoms with E-state index in [0.717, 1.165) is 5.56 Å². The van der Waals surface area contributed by atoms with Crippen molar-refractivity contribution in [3.8, 4) is 11.5 Å². The van der Waals surface area contributed by atoms with Gasteiger partial charge in [-0.2, -0.15) is 5.10 Å². The molecule has 3 rings (SSSR count). The molecule has 1 aromatic carbocycles. The molecule has 8 heteroatoms. The molecule has 1 aromatic heterocycles. The van der Waals surface area contributed by atoms with Gasteiger partial charge < -0.3 is 19.1 Å². The van der Waals surface area contributed by atoms with E-state index in [4.69, 9.17) is 14.2 Å². The smallest absolute Gasteiger partial charge is 0.342 e. The van der Waals surface area contributed by atoms with Crippen LogP contribution in [0.3, 0.4) is 0 Å². The number of hydrogen-bond donors (Lipinski definition) is 0. The molecule has 144 valence electrons. The number of nitrogens with zero attached hydrogens (tertiary/aromatic N) is 3. The number of aryl methyl sites for hydroxylation is 2. The van der Waals surface area contributed by atoms with Gasteiger partial charge in [0.25, 0.3) is 5.91 Å². The molecule has 2 heterocycles. The quantitative estimate of drug-likeness (QED) is 0.744. The van der Waals surface area contributed by atoms with Crippen LogP contribution in [0, 0.1) is 6.92 Å². The first-order valence-corrected chi connectivity index (χ1v) is 8.55. The van der Waals surface area contributed by atoms with Crippen LogP contribution >= 0.6 is 0 Å². The van der Waals surface area contributed by atoms with E-state index in [1.807, 2.05) is 12.1 Å². The van der Waals surface area contributed by atoms with Crippen molar-refractivity contribution in [2.45, 2.75) is 25.5 Å². The maximum Gasteiger partial charge on any atom is 0.342 e. The van der Waals surface area contributed by atoms with Crippen molar-refractivity contribution in [1.29, 1.82) is 0 Å². The number of likely N-dealkylation sites (N-methyl/N-ethyl adjacent to an activating group) is 1. The van der Waals surface area contributed by atoms with Crippen LogP contribution in [-0.2, 0) is 16.6 Å². The van der Waals surface area contributed by atoms with Crippen molar-refractivity contribution in [2.24, 2.45) is 7.05 Å². The van der Waals surface area contributed by atoms with Crippen molar-refractivity contribution in [3.05, 3.63) is 41.2 Å². The maximum absolute atomic E-state index is 12.6. The lowest BCUT2D eigenvalue weighted by Crippen LogP contribution is -2.30. The molecule has 27 heavy (non-hydrogen) atoms. The molecule has 1 aliphatic rings. The van der Waals surface area contributed by atoms with Gasteiger partial charge in [0, 0.05) is 32.8 Å². The fourth-order valence-corrected chi connectivity index (χ4v) is 3.32. The molecule has 1 saturated heterocycles. The molecule has 8 nitrogen and oxygen atoms in total. The number of likely N-dealkylation sites (tertiary alicyclic amines) is 1. The first-order chi connectivity index (χ1) is 12.8. The highest BCUT2D eigenvalue weighted by molar-refractivity contribution is 5.93. The SMILES string of the molecule is COc1cc(OC)cc([C@H]2C[C@@H](OC(=O)c3cn(C)nc3C)C(=O)N2C)c1. The van der Waals surface area contributed by atoms with Crippen LogP contribution in [0.25, 0.3) is 0 Å². The molecule has 0 unspecified atom stereocenters. The number of methoxy groups -OCH3 is 2. The zero-order valence-electron chi connectivity index (χ0n) is 16.1. The number of hydrogen-bond acceptors (Lipinski definition) is 6. The topological polar surface area (TPSA) is 82.9 Å². The van der Waals surface area contributed by atoms with Crippen LogP contribution in [0.2, 0.25) is 0 Å². The fourth-order valence-electron chi connectivity index (χ4n) is 3.32. The van der Waals surface area contributed by atoms with E-state index in [-0.39, 0.29) is 11.9 Å². The average molecular weight is 373 g/mol. The summed E-state index contributed by atoms with van der Waals surface area (Å²) in [5, 5.41) is 4.13. The van der Waals surface area contributed by atoms with E-state index in [1.54, 1.807) is 57.1 Å². The van der Waals surface area contributed by atoms with Gasteiger partial charge >= 0.3 is 5.97 Å². The summed E-state index contributed by atoms with van der Waals surface area (Å²) in [5.74, 6) is 0.487. The van der Waals surface area contributed by atoms with E-state index < -0.39 is 12.1 Å². The molecule has 1 fully saturated rings. The number of esters is 1. The Morgan fingerprint density at radius 2 is 1.78 bits per heavy atom. The van der Waals surface area contributed by atoms with E-state index in [9.17, 15) is 9.59 Å². The van der Waals surface area contributed by atoms with Crippen LogP contribution < -0.4 is 9.47 Å². The third-order valence-corrected chi connectivity index (χ3v) is 4.77. The third-order valence-electron chi connectivity index (χ3n) is 4.77. The van der Waals surface area contributed by atoms with Crippen molar-refractivity contribution in [1.82, 2.24) is 14.7 Å². The zero-order chi connectivity index (χ0) is 19.7. The Hall–Kier alpha value is -3.03. The second-order valence-electron chi connectivity index (χ2n) is 6.54. The van der Waals surface area contributed by atoms with Gasteiger partial charge in [-0.3, -0.25) is 9.48 Å². The van der Waals surface area contributed by atoms with Gasteiger partial charge in [-0.1, -0.05) is 0 Å². The summed E-state index contributed by atoms with van der Waals surface area (Å²) in [6.45, 7) is 1.73. The molecular weight excluding hydrogens is 350 g/mol. The molecule has 1 aliphatic heterocycles. The number of rotatable bonds is 5. The van der Waals surface area contributed by atoms with Gasteiger partial charge in [0.15, 0.2) is 6.10 Å². The molecule has 1 amide bonds. The van der Waals surface area contributed by atoms with Gasteiger partial charge in [-0.15, -0.1) is 0 Å². The second kappa shape index (κ2) is 7.30. The van der Waals surface area contributed by atoms with Gasteiger partial charge in [-0.25, -0.2) is 4.79 Å². The van der Waals surface area contributed by atoms with E-state index in [1.165, 1.54) is 0 Å². The summed E-state index contributed by atoms with van der Waals surface area (Å²) in [6, 6.07) is 5.23. The van der Waals surface area contributed by atoms with Crippen LogP contribution in [0.5, 0.6) is 11.5 Å². The molecule has 0 saturated carbocycles. The Morgan fingerprint density at radius 3 is 2.30 bits per heavy atom. The molecule has 0 aliphatic carbocycles. The first kappa shape index (κ1) is 18.8. The Labute approximate surface area is 157 Å². The summed E-state index contributed by atoms with van der Waals surface area (Å²) in [5.41, 5.74) is 1.79. The second-order valence-corrected chi connectivity index (χ2v) is 6.54. The lowest BCUT2D eigenvalue weighted by Gasteiger charge is -2.20. The third kappa shape index (κ3) is 3.60. The first-order valence-electron chi connectivity index (χ1n) is 8.55. The lowest BCUT2D eigenvalue weighted by molar-refractivity contribution is -0.134. The summed E-state index contributed by atoms with van der Waals surface area (Å²) >= 11 is 0. The lowest BCUT2D eigenvalue weighted by atomic mass is 10.0. The van der Waals surface area contributed by atoms with Gasteiger partial charge in [0.1, 0.15) is 17.1 Å². The molecule has 0 bridgehead atoms. The Bertz CT molecular complexity index is 854. The molecule has 2 aromatic rings. The predicted octanol–water partition coefficient (Wildman–Crippen LogP) is 1.87. The average Bonchev–Trinajstić information content (AvgIpc) is 3.14. The molecule has 0 radical (unpaired) electrons. The minimum Gasteiger partial charge on any atom is -0.497 e. The Kier molecular flexibility index (Phi) is 5.07. The molecule has 0 N–H and O–H groups in total. The van der Waals surface area contributed by atoms with E-state index in [2.05, 4.69) is 5.10 Å². The summed E-state index contributed by atoms with van der Waals surface area (Å²) < 4.78 is 17.6. The number of aromatic nitrogens is 2. The van der Waals surface area contributed by atoms with Crippen molar-refractivity contribution in [3.63, 3.8) is 0 Å². The van der Waals surface area contributed by atoms with Gasteiger partial charge in [0.2, 0.25) is 0 Å². The minimum absolute atomic E-state index is 0.239. The number of carbonyl (C=O) groups excluding carboxylic acids is 2. The summed E-state index contributed by atoms with van der Waals surface area (Å²) in [6.07, 6.45) is 1.10. The number of carbonyl (C=O) groups is 2. The standard InChI is InChI=1S/C19H23N3O5/c1-11-15(10-21(2)20-11)19(24)27-17-9-16(22(3)18(17)23)12-6-13(25-4)8-14(7-12)26-5/h6-8,10,16-17H,9H2,1-5H3/t16-,17-/m1/s1. The summed E-state index contributed by atoms with van der Waals surface area (Å²) in [4.78, 5) is 26.7. The molecular formula is C19H23N3O5. The molecule has 2 atom stereocenters. The van der Waals surface area contributed by atoms with Crippen LogP contribution in [0.4, 0.5) is 0 Å². The largest absolute Gasteiger partial charge is 0.497 e. The van der Waals surface area contributed by atoms with E-state index >= 15 is 0 Å². The number of benzene rings is 1. The summed E-state index contributed by atoms with van der Waals surface area (Å²) in [7, 11) is 6.57. The van der Waals surface area contributed by atoms with E-state index in [0.29, 0.717) is 29.2 Å². The molecule has 0 spiro atoms. The highest BCUT2D eigenvalue weighted by Crippen LogP contribution is 2.37. The van der Waals surface area contributed by atoms with Crippen LogP contribution in [-0.4, -0.2) is 53.9 Å². The highest BCUT2D eigenvalue weighted by atomic mass is 16.5. The zero-order valence-corrected chi connectivity index (χ0v) is 16.1. The van der Waals surface area contributed by atoms with Crippen molar-refractivity contribution in [2.75, 3.05) is 21.3 Å². The normalized spacial score (nSPS) is 19.3. The van der Waals surface area contributed by atoms with Gasteiger partial charge in [0.05, 0.1) is 26.0 Å². The minimum atomic E-state index is -0.843. The highest BCUT2D eigenvalue weighted by Gasteiger charge is 2.41. The van der Waals surface area contributed by atoms with Crippen LogP contribution in [0.1, 0.15) is 34.1 Å². The van der Waals surface area contributed by atoms with Crippen molar-refractivity contribution < 1.29 is 23.8 Å². The Balaban J connectivity index is 1.81. The number of ether oxygens (including phenoxy) is 3. The Morgan fingerprint density at radius 1 is 1.15 bits per heavy atom. The van der Waals surface area contributed by atoms with Gasteiger partial charge in [-0.05, 0) is 24.6 Å². The fraction of sp³-hybridized carbons (Fsp3) is 0.421. The maximum atomic E-state index is 12.6. The number of amides is 1. The monoisotopic (exact) mass is 373 g/mol. The predicted molar refractivity (Wildman–Crippen MR) is 96.8 cm³/mol. The van der Waals surface area contributed by atoms with Crippen molar-refractivity contribution >= 4 is 11.9 Å². The van der Waals surface area contributed by atoms with Crippen LogP contribution in [0.15, 0.2) is 24.4 Å².